The van der Waals surface area contributed by atoms with Crippen LogP contribution in [0.5, 0.6) is 0 Å². The maximum Gasteiger partial charge on any atom is 0.326 e. The van der Waals surface area contributed by atoms with Gasteiger partial charge in [-0.25, -0.2) is 4.79 Å². The molecule has 0 spiro atoms. The number of likely N-dealkylation sites (tertiary alicyclic amines) is 1. The van der Waals surface area contributed by atoms with E-state index in [4.69, 9.17) is 17.2 Å². The number of rotatable bonds is 21. The minimum absolute atomic E-state index is 0.0618. The Labute approximate surface area is 286 Å². The van der Waals surface area contributed by atoms with E-state index in [2.05, 4.69) is 31.6 Å². The second kappa shape index (κ2) is 21.4. The van der Waals surface area contributed by atoms with Gasteiger partial charge in [-0.15, -0.1) is 0 Å². The third kappa shape index (κ3) is 13.3. The second-order valence-corrected chi connectivity index (χ2v) is 11.3. The normalized spacial score (nSPS) is 18.2. The molecule has 1 heterocycles. The number of aliphatic hydroxyl groups excluding tert-OH is 5. The summed E-state index contributed by atoms with van der Waals surface area (Å²) in [7, 11) is 0. The van der Waals surface area contributed by atoms with Crippen LogP contribution in [0, 0.1) is 0 Å². The number of nitrogens with zero attached hydrogens (tertiary/aromatic N) is 2. The van der Waals surface area contributed by atoms with Gasteiger partial charge in [-0.05, 0) is 32.6 Å². The van der Waals surface area contributed by atoms with Crippen LogP contribution in [0.25, 0.3) is 0 Å². The summed E-state index contributed by atoms with van der Waals surface area (Å²) in [4.78, 5) is 93.1. The van der Waals surface area contributed by atoms with E-state index in [1.165, 1.54) is 0 Å². The highest BCUT2D eigenvalue weighted by molar-refractivity contribution is 5.97. The number of aliphatic hydroxyl groups is 5. The molecule has 1 saturated heterocycles. The Morgan fingerprint density at radius 2 is 1.28 bits per heavy atom. The molecule has 23 heteroatoms. The molecule has 17 N–H and O–H groups in total. The zero-order valence-corrected chi connectivity index (χ0v) is 27.4. The summed E-state index contributed by atoms with van der Waals surface area (Å²) >= 11 is 0. The highest BCUT2D eigenvalue weighted by atomic mass is 16.4. The molecule has 284 valence electrons. The molecule has 6 amide bonds. The van der Waals surface area contributed by atoms with Gasteiger partial charge in [0, 0.05) is 13.1 Å². The summed E-state index contributed by atoms with van der Waals surface area (Å²) in [6.45, 7) is -2.45. The van der Waals surface area contributed by atoms with Gasteiger partial charge in [-0.1, -0.05) is 0 Å². The minimum atomic E-state index is -1.82. The molecule has 1 fully saturated rings. The van der Waals surface area contributed by atoms with Crippen molar-refractivity contribution in [3.63, 3.8) is 0 Å². The average molecular weight is 721 g/mol. The molecule has 0 aromatic carbocycles. The molecule has 0 saturated carbocycles. The van der Waals surface area contributed by atoms with E-state index in [9.17, 15) is 64.2 Å². The SMILES string of the molecule is C[C@@H](O)[C@H](NC(=O)[C@H](CO)NC(=O)[C@@H]1CCCN1C(=O)[C@@H](N)CO)C(=O)N[C@@H](CO)C(=O)N[C@@H](CO)C(=O)N[C@@H](CCCN=C(N)N)C(=O)O. The first-order chi connectivity index (χ1) is 23.5. The van der Waals surface area contributed by atoms with Gasteiger partial charge >= 0.3 is 5.97 Å². The fourth-order valence-corrected chi connectivity index (χ4v) is 4.67. The molecular weight excluding hydrogens is 672 g/mol. The van der Waals surface area contributed by atoms with Crippen LogP contribution in [0.15, 0.2) is 4.99 Å². The highest BCUT2D eigenvalue weighted by Crippen LogP contribution is 2.18. The predicted molar refractivity (Wildman–Crippen MR) is 170 cm³/mol. The van der Waals surface area contributed by atoms with Crippen LogP contribution in [-0.4, -0.2) is 171 Å². The Hall–Kier alpha value is -4.68. The number of carbonyl (C=O) groups is 7. The Morgan fingerprint density at radius 1 is 0.780 bits per heavy atom. The van der Waals surface area contributed by atoms with Crippen molar-refractivity contribution in [1.82, 2.24) is 31.5 Å². The highest BCUT2D eigenvalue weighted by Gasteiger charge is 2.38. The van der Waals surface area contributed by atoms with Crippen LogP contribution < -0.4 is 43.8 Å². The molecule has 0 unspecified atom stereocenters. The molecule has 0 radical (unpaired) electrons. The maximum atomic E-state index is 13.0. The second-order valence-electron chi connectivity index (χ2n) is 11.3. The molecule has 0 aromatic heterocycles. The molecule has 50 heavy (non-hydrogen) atoms. The van der Waals surface area contributed by atoms with E-state index in [-0.39, 0.29) is 38.3 Å². The van der Waals surface area contributed by atoms with Gasteiger partial charge in [0.2, 0.25) is 35.4 Å². The van der Waals surface area contributed by atoms with Gasteiger partial charge in [0.1, 0.15) is 42.3 Å². The number of nitrogens with one attached hydrogen (secondary N) is 5. The third-order valence-corrected chi connectivity index (χ3v) is 7.42. The van der Waals surface area contributed by atoms with Crippen molar-refractivity contribution in [2.45, 2.75) is 81.0 Å². The topological polar surface area (TPSA) is 395 Å². The summed E-state index contributed by atoms with van der Waals surface area (Å²) in [5.74, 6) is -7.91. The molecule has 1 aliphatic rings. The van der Waals surface area contributed by atoms with E-state index in [1.54, 1.807) is 0 Å². The number of aliphatic carboxylic acids is 1. The number of amides is 6. The van der Waals surface area contributed by atoms with Crippen molar-refractivity contribution in [3.05, 3.63) is 0 Å². The molecule has 8 atom stereocenters. The van der Waals surface area contributed by atoms with Crippen molar-refractivity contribution in [1.29, 1.82) is 0 Å². The summed E-state index contributed by atoms with van der Waals surface area (Å²) in [5, 5.41) is 68.6. The van der Waals surface area contributed by atoms with Gasteiger partial charge in [0.15, 0.2) is 5.96 Å². The summed E-state index contributed by atoms with van der Waals surface area (Å²) in [5.41, 5.74) is 16.0. The van der Waals surface area contributed by atoms with Gasteiger partial charge in [-0.2, -0.15) is 0 Å². The van der Waals surface area contributed by atoms with Crippen molar-refractivity contribution in [2.75, 3.05) is 39.5 Å². The summed E-state index contributed by atoms with van der Waals surface area (Å²) in [6, 6.07) is -10.9. The third-order valence-electron chi connectivity index (χ3n) is 7.42. The maximum absolute atomic E-state index is 13.0. The van der Waals surface area contributed by atoms with Crippen LogP contribution in [0.4, 0.5) is 0 Å². The summed E-state index contributed by atoms with van der Waals surface area (Å²) in [6.07, 6.45) is -1.01. The van der Waals surface area contributed by atoms with E-state index >= 15 is 0 Å². The lowest BCUT2D eigenvalue weighted by molar-refractivity contribution is -0.143. The monoisotopic (exact) mass is 720 g/mol. The molecule has 23 nitrogen and oxygen atoms in total. The number of carbonyl (C=O) groups excluding carboxylic acids is 6. The smallest absolute Gasteiger partial charge is 0.326 e. The number of aliphatic imine (C=N–C) groups is 1. The van der Waals surface area contributed by atoms with E-state index < -0.39 is 116 Å². The largest absolute Gasteiger partial charge is 0.480 e. The Balaban J connectivity index is 2.90. The Kier molecular flexibility index (Phi) is 18.6. The lowest BCUT2D eigenvalue weighted by atomic mass is 10.1. The minimum Gasteiger partial charge on any atom is -0.480 e. The molecule has 1 aliphatic heterocycles. The van der Waals surface area contributed by atoms with Crippen LogP contribution in [0.2, 0.25) is 0 Å². The Bertz CT molecular complexity index is 1230. The number of carboxylic acids is 1. The van der Waals surface area contributed by atoms with Crippen LogP contribution in [0.3, 0.4) is 0 Å². The van der Waals surface area contributed by atoms with E-state index in [0.717, 1.165) is 11.8 Å². The number of hydrogen-bond acceptors (Lipinski definition) is 14. The average Bonchev–Trinajstić information content (AvgIpc) is 3.57. The zero-order chi connectivity index (χ0) is 38.1. The van der Waals surface area contributed by atoms with Gasteiger partial charge in [-0.3, -0.25) is 33.8 Å². The van der Waals surface area contributed by atoms with E-state index in [1.807, 2.05) is 0 Å². The molecule has 0 aliphatic carbocycles. The van der Waals surface area contributed by atoms with Gasteiger partial charge < -0.3 is 79.3 Å². The number of guanidine groups is 1. The fourth-order valence-electron chi connectivity index (χ4n) is 4.67. The number of nitrogens with two attached hydrogens (primary N) is 3. The number of carboxylic acid groups (broad SMARTS) is 1. The first-order valence-electron chi connectivity index (χ1n) is 15.5. The van der Waals surface area contributed by atoms with Crippen molar-refractivity contribution in [2.24, 2.45) is 22.2 Å². The first-order valence-corrected chi connectivity index (χ1v) is 15.5. The first kappa shape index (κ1) is 43.3. The molecular formula is C27H48N10O13. The van der Waals surface area contributed by atoms with Crippen LogP contribution in [-0.2, 0) is 33.6 Å². The van der Waals surface area contributed by atoms with Crippen molar-refractivity contribution in [3.8, 4) is 0 Å². The summed E-state index contributed by atoms with van der Waals surface area (Å²) < 4.78 is 0. The lowest BCUT2D eigenvalue weighted by Gasteiger charge is -2.28. The number of hydrogen-bond donors (Lipinski definition) is 14. The predicted octanol–water partition coefficient (Wildman–Crippen LogP) is -8.78. The van der Waals surface area contributed by atoms with Crippen LogP contribution in [0.1, 0.15) is 32.6 Å². The standard InChI is InChI=1S/C27H48N10O13/c1-12(42)19(36-22(45)17(11-41)34-23(46)18-5-3-7-37(18)25(48)13(28)8-38)24(47)35-16(10-40)21(44)33-15(9-39)20(43)32-14(26(49)50)4-2-6-31-27(29)30/h12-19,38-42H,2-11,28H2,1H3,(H,32,43)(H,33,44)(H,34,46)(H,35,47)(H,36,45)(H,49,50)(H4,29,30,31)/t12-,13+,14+,15+,16+,17+,18+,19+/m1/s1. The quantitative estimate of drug-likeness (QED) is 0.0297. The van der Waals surface area contributed by atoms with Gasteiger partial charge in [0.25, 0.3) is 0 Å². The fraction of sp³-hybridized carbons (Fsp3) is 0.704. The van der Waals surface area contributed by atoms with Gasteiger partial charge in [0.05, 0.1) is 32.5 Å². The van der Waals surface area contributed by atoms with E-state index in [0.29, 0.717) is 6.42 Å². The zero-order valence-electron chi connectivity index (χ0n) is 27.4. The Morgan fingerprint density at radius 3 is 1.76 bits per heavy atom. The molecule has 1 rings (SSSR count). The van der Waals surface area contributed by atoms with Crippen molar-refractivity contribution >= 4 is 47.4 Å². The lowest BCUT2D eigenvalue weighted by Crippen LogP contribution is -2.62. The van der Waals surface area contributed by atoms with Crippen molar-refractivity contribution < 1.29 is 64.2 Å². The molecule has 0 aromatic rings. The molecule has 0 bridgehead atoms. The van der Waals surface area contributed by atoms with Crippen LogP contribution >= 0.6 is 0 Å².